The molecular formula is C17H11N3. The van der Waals surface area contributed by atoms with E-state index in [0.29, 0.717) is 0 Å². The fourth-order valence-corrected chi connectivity index (χ4v) is 3.00. The molecule has 0 radical (unpaired) electrons. The van der Waals surface area contributed by atoms with Gasteiger partial charge >= 0.3 is 0 Å². The second kappa shape index (κ2) is 3.39. The summed E-state index contributed by atoms with van der Waals surface area (Å²) in [6.45, 7) is 0. The number of hydrogen-bond acceptors (Lipinski definition) is 1. The number of benzene rings is 2. The molecule has 3 heteroatoms. The third-order valence-electron chi connectivity index (χ3n) is 3.93. The Balaban J connectivity index is 2.06. The summed E-state index contributed by atoms with van der Waals surface area (Å²) in [5.74, 6) is 0. The molecule has 20 heavy (non-hydrogen) atoms. The van der Waals surface area contributed by atoms with Gasteiger partial charge in [0, 0.05) is 21.8 Å². The SMILES string of the molecule is c1ccc2c(c1)[nH]c1cc3[nH]c4ccccc4c3nc12. The third-order valence-corrected chi connectivity index (χ3v) is 3.93. The third kappa shape index (κ3) is 1.17. The molecule has 0 saturated heterocycles. The summed E-state index contributed by atoms with van der Waals surface area (Å²) >= 11 is 0. The lowest BCUT2D eigenvalue weighted by Crippen LogP contribution is -1.77. The maximum absolute atomic E-state index is 4.89. The van der Waals surface area contributed by atoms with E-state index in [1.807, 2.05) is 12.1 Å². The summed E-state index contributed by atoms with van der Waals surface area (Å²) in [5, 5.41) is 2.35. The van der Waals surface area contributed by atoms with E-state index in [9.17, 15) is 0 Å². The number of fused-ring (bicyclic) bond motifs is 6. The topological polar surface area (TPSA) is 44.5 Å². The van der Waals surface area contributed by atoms with E-state index in [-0.39, 0.29) is 0 Å². The van der Waals surface area contributed by atoms with Crippen molar-refractivity contribution >= 4 is 43.9 Å². The van der Waals surface area contributed by atoms with E-state index >= 15 is 0 Å². The van der Waals surface area contributed by atoms with Crippen molar-refractivity contribution in [3.8, 4) is 0 Å². The highest BCUT2D eigenvalue weighted by molar-refractivity contribution is 6.13. The number of aromatic nitrogens is 3. The van der Waals surface area contributed by atoms with E-state index in [2.05, 4.69) is 52.4 Å². The van der Waals surface area contributed by atoms with Crippen LogP contribution in [0.25, 0.3) is 43.9 Å². The second-order valence-corrected chi connectivity index (χ2v) is 5.12. The molecule has 0 atom stereocenters. The summed E-state index contributed by atoms with van der Waals surface area (Å²) < 4.78 is 0. The number of para-hydroxylation sites is 2. The van der Waals surface area contributed by atoms with Gasteiger partial charge < -0.3 is 9.97 Å². The molecule has 0 fully saturated rings. The Morgan fingerprint density at radius 3 is 1.65 bits per heavy atom. The normalized spacial score (nSPS) is 12.0. The Morgan fingerprint density at radius 1 is 0.600 bits per heavy atom. The van der Waals surface area contributed by atoms with Crippen LogP contribution in [0.4, 0.5) is 0 Å². The van der Waals surface area contributed by atoms with Crippen molar-refractivity contribution in [2.24, 2.45) is 0 Å². The Kier molecular flexibility index (Phi) is 1.70. The van der Waals surface area contributed by atoms with Crippen LogP contribution in [-0.2, 0) is 0 Å². The van der Waals surface area contributed by atoms with Gasteiger partial charge in [-0.2, -0.15) is 0 Å². The quantitative estimate of drug-likeness (QED) is 0.425. The molecule has 5 aromatic rings. The molecule has 0 saturated carbocycles. The summed E-state index contributed by atoms with van der Waals surface area (Å²) in [4.78, 5) is 11.8. The van der Waals surface area contributed by atoms with Crippen LogP contribution in [0.2, 0.25) is 0 Å². The minimum Gasteiger partial charge on any atom is -0.353 e. The van der Waals surface area contributed by atoms with Gasteiger partial charge in [-0.1, -0.05) is 36.4 Å². The van der Waals surface area contributed by atoms with Gasteiger partial charge in [-0.3, -0.25) is 0 Å². The summed E-state index contributed by atoms with van der Waals surface area (Å²) in [5.41, 5.74) is 6.49. The molecule has 0 amide bonds. The highest BCUT2D eigenvalue weighted by Crippen LogP contribution is 2.30. The van der Waals surface area contributed by atoms with Gasteiger partial charge in [-0.25, -0.2) is 4.98 Å². The fourth-order valence-electron chi connectivity index (χ4n) is 3.00. The zero-order valence-electron chi connectivity index (χ0n) is 10.6. The smallest absolute Gasteiger partial charge is 0.0966 e. The standard InChI is InChI=1S/C17H11N3/c1-3-7-12-10(5-1)16-14(18-12)9-15-17(20-16)11-6-2-4-8-13(11)19-15/h1-9,18-19H. The zero-order valence-corrected chi connectivity index (χ0v) is 10.6. The van der Waals surface area contributed by atoms with Gasteiger partial charge in [0.05, 0.1) is 22.1 Å². The molecule has 0 bridgehead atoms. The van der Waals surface area contributed by atoms with Gasteiger partial charge in [0.2, 0.25) is 0 Å². The first-order valence-electron chi connectivity index (χ1n) is 6.68. The van der Waals surface area contributed by atoms with E-state index in [1.54, 1.807) is 0 Å². The molecular weight excluding hydrogens is 246 g/mol. The van der Waals surface area contributed by atoms with Crippen LogP contribution in [0.15, 0.2) is 54.6 Å². The summed E-state index contributed by atoms with van der Waals surface area (Å²) in [7, 11) is 0. The van der Waals surface area contributed by atoms with Crippen LogP contribution in [0.5, 0.6) is 0 Å². The maximum atomic E-state index is 4.89. The molecule has 3 heterocycles. The monoisotopic (exact) mass is 257 g/mol. The first kappa shape index (κ1) is 10.0. The first-order valence-corrected chi connectivity index (χ1v) is 6.68. The average molecular weight is 257 g/mol. The molecule has 3 nitrogen and oxygen atoms in total. The van der Waals surface area contributed by atoms with E-state index in [0.717, 1.165) is 33.1 Å². The van der Waals surface area contributed by atoms with Crippen LogP contribution in [0, 0.1) is 0 Å². The summed E-state index contributed by atoms with van der Waals surface area (Å²) in [6, 6.07) is 18.7. The highest BCUT2D eigenvalue weighted by atomic mass is 14.8. The molecule has 0 spiro atoms. The number of nitrogens with zero attached hydrogens (tertiary/aromatic N) is 1. The largest absolute Gasteiger partial charge is 0.353 e. The van der Waals surface area contributed by atoms with Crippen molar-refractivity contribution in [2.45, 2.75) is 0 Å². The zero-order chi connectivity index (χ0) is 13.1. The van der Waals surface area contributed by atoms with E-state index < -0.39 is 0 Å². The lowest BCUT2D eigenvalue weighted by atomic mass is 10.2. The molecule has 2 aromatic carbocycles. The second-order valence-electron chi connectivity index (χ2n) is 5.12. The van der Waals surface area contributed by atoms with Crippen molar-refractivity contribution in [3.05, 3.63) is 54.6 Å². The van der Waals surface area contributed by atoms with Crippen LogP contribution in [0.1, 0.15) is 0 Å². The predicted molar refractivity (Wildman–Crippen MR) is 83.0 cm³/mol. The Hall–Kier alpha value is -2.81. The minimum absolute atomic E-state index is 1.04. The number of pyridine rings is 1. The predicted octanol–water partition coefficient (Wildman–Crippen LogP) is 4.35. The van der Waals surface area contributed by atoms with Crippen LogP contribution >= 0.6 is 0 Å². The van der Waals surface area contributed by atoms with E-state index in [4.69, 9.17) is 4.98 Å². The van der Waals surface area contributed by atoms with Crippen LogP contribution < -0.4 is 0 Å². The molecule has 94 valence electrons. The van der Waals surface area contributed by atoms with Gasteiger partial charge in [-0.05, 0) is 18.2 Å². The number of aromatic amines is 2. The number of rotatable bonds is 0. The van der Waals surface area contributed by atoms with Crippen molar-refractivity contribution < 1.29 is 0 Å². The highest BCUT2D eigenvalue weighted by Gasteiger charge is 2.10. The average Bonchev–Trinajstić information content (AvgIpc) is 3.02. The fraction of sp³-hybridized carbons (Fsp3) is 0. The molecule has 0 aliphatic heterocycles. The number of hydrogen-bond donors (Lipinski definition) is 2. The Labute approximate surface area is 114 Å². The molecule has 0 aliphatic rings. The number of nitrogens with one attached hydrogen (secondary N) is 2. The van der Waals surface area contributed by atoms with Crippen molar-refractivity contribution in [1.82, 2.24) is 15.0 Å². The Bertz CT molecular complexity index is 1010. The lowest BCUT2D eigenvalue weighted by Gasteiger charge is -1.93. The van der Waals surface area contributed by atoms with Gasteiger partial charge in [0.25, 0.3) is 0 Å². The van der Waals surface area contributed by atoms with Crippen LogP contribution in [-0.4, -0.2) is 15.0 Å². The van der Waals surface area contributed by atoms with E-state index in [1.165, 1.54) is 10.8 Å². The summed E-state index contributed by atoms with van der Waals surface area (Å²) in [6.07, 6.45) is 0. The molecule has 0 unspecified atom stereocenters. The first-order chi connectivity index (χ1) is 9.90. The van der Waals surface area contributed by atoms with Crippen molar-refractivity contribution in [2.75, 3.05) is 0 Å². The lowest BCUT2D eigenvalue weighted by molar-refractivity contribution is 1.48. The molecule has 3 aromatic heterocycles. The molecule has 2 N–H and O–H groups in total. The molecule has 5 rings (SSSR count). The molecule has 0 aliphatic carbocycles. The number of H-pyrrole nitrogens is 2. The van der Waals surface area contributed by atoms with Crippen molar-refractivity contribution in [1.29, 1.82) is 0 Å². The van der Waals surface area contributed by atoms with Crippen molar-refractivity contribution in [3.63, 3.8) is 0 Å². The van der Waals surface area contributed by atoms with Gasteiger partial charge in [0.1, 0.15) is 0 Å². The minimum atomic E-state index is 1.04. The Morgan fingerprint density at radius 2 is 1.10 bits per heavy atom. The maximum Gasteiger partial charge on any atom is 0.0966 e. The van der Waals surface area contributed by atoms with Gasteiger partial charge in [-0.15, -0.1) is 0 Å². The van der Waals surface area contributed by atoms with Crippen LogP contribution in [0.3, 0.4) is 0 Å². The van der Waals surface area contributed by atoms with Gasteiger partial charge in [0.15, 0.2) is 0 Å².